The number of primary amides is 1. The number of benzene rings is 5. The summed E-state index contributed by atoms with van der Waals surface area (Å²) in [4.78, 5) is 188. The van der Waals surface area contributed by atoms with E-state index in [1.165, 1.54) is 56.8 Å². The molecule has 7 aromatic rings. The van der Waals surface area contributed by atoms with Crippen LogP contribution in [0.3, 0.4) is 0 Å². The quantitative estimate of drug-likeness (QED) is 0.0134. The highest BCUT2D eigenvalue weighted by molar-refractivity contribution is 8.00. The number of ether oxygens (including phenoxy) is 6. The fourth-order valence-corrected chi connectivity index (χ4v) is 20.1. The van der Waals surface area contributed by atoms with Crippen molar-refractivity contribution >= 4 is 140 Å². The van der Waals surface area contributed by atoms with Crippen LogP contribution in [0.15, 0.2) is 120 Å². The summed E-state index contributed by atoms with van der Waals surface area (Å²) in [6.45, 7) is 6.70. The Balaban J connectivity index is 0.820. The minimum Gasteiger partial charge on any atom is -0.543 e. The van der Waals surface area contributed by atoms with Gasteiger partial charge in [-0.2, -0.15) is 0 Å². The lowest BCUT2D eigenvalue weighted by atomic mass is 9.86. The molecule has 2 aromatic heterocycles. The van der Waals surface area contributed by atoms with E-state index < -0.39 is 301 Å². The summed E-state index contributed by atoms with van der Waals surface area (Å²) in [6.07, 6.45) is -16.5. The predicted octanol–water partition coefficient (Wildman–Crippen LogP) is -0.989. The molecule has 9 bridgehead atoms. The Labute approximate surface area is 831 Å². The van der Waals surface area contributed by atoms with Gasteiger partial charge in [0.25, 0.3) is 11.8 Å². The van der Waals surface area contributed by atoms with Crippen molar-refractivity contribution in [2.45, 2.75) is 194 Å². The Morgan fingerprint density at radius 1 is 0.775 bits per heavy atom. The number of phenols is 3. The molecule has 0 radical (unpaired) electrons. The highest BCUT2D eigenvalue weighted by Crippen LogP contribution is 2.51. The Morgan fingerprint density at radius 2 is 1.44 bits per heavy atom. The molecule has 0 aliphatic carbocycles. The van der Waals surface area contributed by atoms with Crippen molar-refractivity contribution in [3.63, 3.8) is 0 Å². The first kappa shape index (κ1) is 105. The van der Waals surface area contributed by atoms with Crippen LogP contribution in [0.5, 0.6) is 46.0 Å². The van der Waals surface area contributed by atoms with Crippen LogP contribution >= 0.6 is 57.9 Å². The third-order valence-corrected chi connectivity index (χ3v) is 27.6. The molecule has 5 aromatic carbocycles. The molecule has 9 aliphatic rings. The number of carboxylic acids is 1. The van der Waals surface area contributed by atoms with Gasteiger partial charge in [0.1, 0.15) is 124 Å². The first-order chi connectivity index (χ1) is 67.4. The van der Waals surface area contributed by atoms with E-state index in [0.717, 1.165) is 83.0 Å². The highest BCUT2D eigenvalue weighted by Gasteiger charge is 2.56. The number of likely N-dealkylation sites (N-methyl/N-ethyl adjacent to an activating group) is 1. The summed E-state index contributed by atoms with van der Waals surface area (Å²) >= 11 is 22.7. The van der Waals surface area contributed by atoms with Gasteiger partial charge < -0.3 is 159 Å². The first-order valence-electron chi connectivity index (χ1n) is 44.4. The Kier molecular flexibility index (Phi) is 32.4. The molecule has 0 spiro atoms. The number of aromatic nitrogens is 2. The lowest BCUT2D eigenvalue weighted by molar-refractivity contribution is -0.689. The number of carboxylic acid groups (broad SMARTS) is 1. The van der Waals surface area contributed by atoms with Gasteiger partial charge in [0.05, 0.1) is 53.0 Å². The third kappa shape index (κ3) is 22.6. The molecule has 3 fully saturated rings. The summed E-state index contributed by atoms with van der Waals surface area (Å²) in [5.41, 5.74) is 13.6. The number of hydrogen-bond acceptors (Lipinski definition) is 36. The number of nitrogens with one attached hydrogen (secondary N) is 9. The van der Waals surface area contributed by atoms with Crippen molar-refractivity contribution in [3.05, 3.63) is 168 Å². The molecule has 11 heterocycles. The largest absolute Gasteiger partial charge is 0.543 e. The van der Waals surface area contributed by atoms with Crippen molar-refractivity contribution in [1.82, 2.24) is 62.6 Å². The summed E-state index contributed by atoms with van der Waals surface area (Å²) in [5, 5.41) is 144. The van der Waals surface area contributed by atoms with E-state index in [1.807, 2.05) is 0 Å². The number of pyridine rings is 1. The molecule has 16 rings (SSSR count). The number of carbonyl (C=O) groups is 12. The lowest BCUT2D eigenvalue weighted by Crippen LogP contribution is -2.71. The number of β-lactam (4-membered cyclic amide) rings is 1. The van der Waals surface area contributed by atoms with E-state index >= 15 is 28.8 Å². The van der Waals surface area contributed by atoms with Gasteiger partial charge in [-0.25, -0.2) is 9.55 Å². The van der Waals surface area contributed by atoms with Gasteiger partial charge in [-0.3, -0.25) is 57.6 Å². The van der Waals surface area contributed by atoms with Gasteiger partial charge in [0.15, 0.2) is 53.7 Å². The van der Waals surface area contributed by atoms with Gasteiger partial charge in [-0.1, -0.05) is 83.3 Å². The summed E-state index contributed by atoms with van der Waals surface area (Å²) < 4.78 is 40.4. The van der Waals surface area contributed by atoms with Crippen LogP contribution in [0.1, 0.15) is 130 Å². The zero-order valence-corrected chi connectivity index (χ0v) is 80.4. The average molecular weight is 2070 g/mol. The third-order valence-electron chi connectivity index (χ3n) is 24.6. The van der Waals surface area contributed by atoms with Crippen molar-refractivity contribution in [3.8, 4) is 57.1 Å². The van der Waals surface area contributed by atoms with Crippen molar-refractivity contribution < 1.29 is 146 Å². The van der Waals surface area contributed by atoms with E-state index in [0.29, 0.717) is 5.56 Å². The second kappa shape index (κ2) is 43.9. The Hall–Kier alpha value is -12.9. The van der Waals surface area contributed by atoms with E-state index in [1.54, 1.807) is 49.9 Å². The minimum atomic E-state index is -2.45. The smallest absolute Gasteiger partial charge is 0.276 e. The number of oxime groups is 1. The monoisotopic (exact) mass is 2070 g/mol. The fraction of sp³-hybridized carbons (Fsp3) is 0.418. The number of aliphatic carboxylic acids is 1. The number of halogens is 3. The maximum absolute atomic E-state index is 16.6. The number of aliphatic hydroxyl groups is 6. The van der Waals surface area contributed by atoms with Crippen LogP contribution in [0.25, 0.3) is 11.1 Å². The van der Waals surface area contributed by atoms with Crippen LogP contribution in [0.4, 0.5) is 5.13 Å². The van der Waals surface area contributed by atoms with Crippen LogP contribution in [0, 0.1) is 5.92 Å². The number of phenolic OH excluding ortho intramolecular Hbond substituents is 3. The van der Waals surface area contributed by atoms with Crippen LogP contribution in [-0.4, -0.2) is 267 Å². The van der Waals surface area contributed by atoms with Gasteiger partial charge in [0.2, 0.25) is 65.2 Å². The normalized spacial score (nSPS) is 26.4. The first-order valence-corrected chi connectivity index (χ1v) is 47.4. The van der Waals surface area contributed by atoms with Crippen LogP contribution in [-0.2, 0) is 89.7 Å². The molecule has 20 atom stereocenters. The van der Waals surface area contributed by atoms with Gasteiger partial charge in [-0.15, -0.1) is 11.8 Å². The molecule has 3 saturated heterocycles. The van der Waals surface area contributed by atoms with Gasteiger partial charge in [-0.05, 0) is 134 Å². The zero-order chi connectivity index (χ0) is 103. The summed E-state index contributed by atoms with van der Waals surface area (Å²) in [7, 11) is 2.63. The van der Waals surface area contributed by atoms with Crippen molar-refractivity contribution in [1.29, 1.82) is 0 Å². The molecule has 11 amide bonds. The summed E-state index contributed by atoms with van der Waals surface area (Å²) in [5.74, 6) is -19.8. The highest BCUT2D eigenvalue weighted by atomic mass is 35.5. The Bertz CT molecular complexity index is 6180. The number of thiazole rings is 1. The van der Waals surface area contributed by atoms with Crippen LogP contribution in [0.2, 0.25) is 14.4 Å². The molecular weight excluding hydrogens is 1970 g/mol. The number of nitrogens with zero attached hydrogens (tertiary/aromatic N) is 5. The molecule has 0 saturated carbocycles. The topological polar surface area (TPSA) is 697 Å². The van der Waals surface area contributed by atoms with Crippen LogP contribution < -0.4 is 88.9 Å². The van der Waals surface area contributed by atoms with Crippen molar-refractivity contribution in [2.24, 2.45) is 22.5 Å². The zero-order valence-electron chi connectivity index (χ0n) is 76.5. The van der Waals surface area contributed by atoms with E-state index in [9.17, 15) is 79.8 Å². The molecule has 142 heavy (non-hydrogen) atoms. The molecule has 24 N–H and O–H groups in total. The van der Waals surface area contributed by atoms with E-state index in [-0.39, 0.29) is 87.5 Å². The lowest BCUT2D eigenvalue weighted by Gasteiger charge is -2.50. The molecule has 46 nitrogen and oxygen atoms in total. The number of hydrogen-bond donors (Lipinski definition) is 21. The van der Waals surface area contributed by atoms with Gasteiger partial charge in [0, 0.05) is 73.1 Å². The SMILES string of the molecule is CCN(Cc1cc[n+](CC2=C(C(=O)[O-])N3C(=O)[C@@H](NC(=O)/C(=N/OC)c4nc(N)sc4Cl)C3SC2)cc1)C(=O)CCNC(=O)[C@H]1NC(=O)[C@H]2NC(=O)[C@H](NC(=O)[C@@H]3NC(=O)[C@H](CC(N)=O)NC(=O)[C@H](NC(=O)[C@@H](CC(C)C)NC)[C@H](O)c4ccc(c(Cl)c4)Oc4cc3cc(c4O[C@H]3O[C@@H](CO)[C@H](O)[C@@H](O)[C@@H]3OC3C[C@@](C)(N)[C@@H](O)[C@@H](C)O3)Oc3ccc(cc3Cl)[C@H]2O)c2ccc(O)cc2-c2c(O)cc(O)cc21. The number of amides is 11. The average Bonchev–Trinajstić information content (AvgIpc) is 0.850. The number of aromatic hydroxyl groups is 3. The minimum absolute atomic E-state index is 0.0179. The predicted molar refractivity (Wildman–Crippen MR) is 499 cm³/mol. The molecule has 758 valence electrons. The number of rotatable bonds is 26. The number of anilines is 1. The number of carbonyl (C=O) groups excluding carboxylic acids is 12. The molecular formula is C91H102Cl3N17O29S2. The number of thioether (sulfide) groups is 1. The summed E-state index contributed by atoms with van der Waals surface area (Å²) in [6, 6.07) is 0.806. The van der Waals surface area contributed by atoms with Gasteiger partial charge >= 0.3 is 0 Å². The number of nitrogen functional groups attached to an aromatic ring is 1. The maximum atomic E-state index is 16.6. The standard InChI is InChI=1S/C91H102Cl3N17O29S2/c1-8-110(31-37-16-19-109(20-17-37)32-41-34-141-87-68(86(131)111(87)69(41)88(132)133)106-83(128)65(108-134-7)64-77(94)142-90(96)107-64)58(117)15-18-99-80(125)63-46-27-43(114)28-51(115)60(46)45-26-42(113)11-12-44(45)62-82(127)105-67(85(130)103-63)71(119)39-10-14-53(48(93)23-39)137-55-25-40-24-54(74(55)140-89-75(73(121)72(120)56(33-112)138-89)139-59-30-91(5,97)76(122)36(4)135-59)136-52-13-9-38(22-47(52)92)70(118)66(104-78(123)49(98-6)21-35(2)3)84(129)100-50(29-57(95)116)79(124)101-61(40)81(126)102-62/h9-14,16-17,19-20,22-28,35-36,49-50,56,59,61-63,66-68,70-73,75-76,87,89,98,112,118-122H,8,15,18,21,29-34,97H2,1-7H3,(H15-,95,96,99,100,101,102,103,104,105,106,107,113,114,115,116,123,124,125,126,127,128,129,130,132,133)/b108-65+/t36-,49-,50+,56+,59?,61-,62-,63+,66-,67+,68-,70-,71-,72+,73-,75+,76+,87?,89-,91-/m1/s1. The van der Waals surface area contributed by atoms with Crippen molar-refractivity contribution in [2.75, 3.05) is 45.3 Å². The number of fused-ring (bicyclic) bond motifs is 15. The molecule has 9 aliphatic heterocycles. The van der Waals surface area contributed by atoms with E-state index in [2.05, 4.69) is 58.0 Å². The maximum Gasteiger partial charge on any atom is 0.276 e. The van der Waals surface area contributed by atoms with E-state index in [4.69, 9.17) is 85.3 Å². The molecule has 2 unspecified atom stereocenters. The number of aliphatic hydroxyl groups excluding tert-OH is 6. The second-order valence-electron chi connectivity index (χ2n) is 35.1. The number of nitrogens with two attached hydrogens (primary N) is 3. The molecule has 51 heteroatoms. The Morgan fingerprint density at radius 3 is 2.04 bits per heavy atom. The fourth-order valence-electron chi connectivity index (χ4n) is 17.4. The second-order valence-corrected chi connectivity index (χ2v) is 38.6.